The van der Waals surface area contributed by atoms with E-state index in [1.807, 2.05) is 36.4 Å². The summed E-state index contributed by atoms with van der Waals surface area (Å²) in [6.45, 7) is 0. The fourth-order valence-corrected chi connectivity index (χ4v) is 3.01. The van der Waals surface area contributed by atoms with E-state index < -0.39 is 11.6 Å². The van der Waals surface area contributed by atoms with E-state index in [1.54, 1.807) is 47.0 Å². The van der Waals surface area contributed by atoms with Gasteiger partial charge in [0.25, 0.3) is 5.78 Å². The molecule has 0 saturated carbocycles. The molecule has 2 heterocycles. The number of fused-ring (bicyclic) bond motifs is 1. The van der Waals surface area contributed by atoms with Gasteiger partial charge in [-0.15, -0.1) is 0 Å². The van der Waals surface area contributed by atoms with Crippen LogP contribution >= 0.6 is 0 Å². The molecule has 132 valence electrons. The van der Waals surface area contributed by atoms with Crippen molar-refractivity contribution in [2.75, 3.05) is 7.11 Å². The van der Waals surface area contributed by atoms with E-state index in [1.165, 1.54) is 7.11 Å². The van der Waals surface area contributed by atoms with E-state index in [2.05, 4.69) is 4.98 Å². The maximum absolute atomic E-state index is 13.2. The molecule has 0 aliphatic heterocycles. The third kappa shape index (κ3) is 3.00. The lowest BCUT2D eigenvalue weighted by Crippen LogP contribution is -2.17. The van der Waals surface area contributed by atoms with Gasteiger partial charge in [-0.25, -0.2) is 4.98 Å². The Kier molecular flexibility index (Phi) is 4.26. The Bertz CT molecular complexity index is 1150. The van der Waals surface area contributed by atoms with Gasteiger partial charge in [0.15, 0.2) is 0 Å². The first kappa shape index (κ1) is 16.7. The van der Waals surface area contributed by atoms with Crippen LogP contribution in [0.2, 0.25) is 0 Å². The number of methoxy groups -OCH3 is 1. The molecule has 0 fully saturated rings. The predicted molar refractivity (Wildman–Crippen MR) is 102 cm³/mol. The first-order valence-electron chi connectivity index (χ1n) is 8.44. The summed E-state index contributed by atoms with van der Waals surface area (Å²) >= 11 is 0. The number of ketones is 2. The number of nitrogens with zero attached hydrogens (tertiary/aromatic N) is 2. The maximum Gasteiger partial charge on any atom is 0.252 e. The molecule has 0 spiro atoms. The average Bonchev–Trinajstić information content (AvgIpc) is 3.13. The minimum absolute atomic E-state index is 0.254. The average molecular weight is 356 g/mol. The highest BCUT2D eigenvalue weighted by molar-refractivity contribution is 6.49. The van der Waals surface area contributed by atoms with Gasteiger partial charge in [-0.3, -0.25) is 14.0 Å². The quantitative estimate of drug-likeness (QED) is 0.399. The lowest BCUT2D eigenvalue weighted by molar-refractivity contribution is 0.0813. The van der Waals surface area contributed by atoms with Crippen LogP contribution in [0.1, 0.15) is 20.8 Å². The zero-order valence-corrected chi connectivity index (χ0v) is 14.6. The number of imidazole rings is 1. The van der Waals surface area contributed by atoms with Gasteiger partial charge < -0.3 is 4.74 Å². The number of Topliss-reactive ketones (excluding diaryl/α,β-unsaturated/α-hetero) is 2. The number of ether oxygens (including phenoxy) is 1. The predicted octanol–water partition coefficient (Wildman–Crippen LogP) is 4.08. The molecule has 0 aliphatic carbocycles. The van der Waals surface area contributed by atoms with Crippen molar-refractivity contribution >= 4 is 17.2 Å². The van der Waals surface area contributed by atoms with Crippen molar-refractivity contribution in [2.45, 2.75) is 0 Å². The molecule has 0 unspecified atom stereocenters. The van der Waals surface area contributed by atoms with E-state index in [-0.39, 0.29) is 11.3 Å². The van der Waals surface area contributed by atoms with Crippen molar-refractivity contribution in [2.24, 2.45) is 0 Å². The lowest BCUT2D eigenvalue weighted by Gasteiger charge is -2.06. The third-order valence-corrected chi connectivity index (χ3v) is 4.33. The Balaban J connectivity index is 1.87. The van der Waals surface area contributed by atoms with Crippen LogP contribution < -0.4 is 4.74 Å². The normalized spacial score (nSPS) is 10.7. The van der Waals surface area contributed by atoms with Gasteiger partial charge in [0.05, 0.1) is 7.11 Å². The van der Waals surface area contributed by atoms with Crippen LogP contribution in [0.5, 0.6) is 5.75 Å². The molecule has 27 heavy (non-hydrogen) atoms. The molecule has 0 amide bonds. The minimum Gasteiger partial charge on any atom is -0.497 e. The molecule has 4 rings (SSSR count). The summed E-state index contributed by atoms with van der Waals surface area (Å²) in [6, 6.07) is 21.4. The molecule has 5 nitrogen and oxygen atoms in total. The van der Waals surface area contributed by atoms with E-state index in [0.717, 1.165) is 5.56 Å². The van der Waals surface area contributed by atoms with E-state index in [4.69, 9.17) is 4.74 Å². The molecule has 0 bridgehead atoms. The topological polar surface area (TPSA) is 60.7 Å². The highest BCUT2D eigenvalue weighted by Crippen LogP contribution is 2.26. The molecular formula is C22H16N2O3. The second-order valence-electron chi connectivity index (χ2n) is 5.99. The first-order chi connectivity index (χ1) is 13.2. The Morgan fingerprint density at radius 1 is 0.889 bits per heavy atom. The molecule has 0 saturated heterocycles. The molecule has 0 atom stereocenters. The number of carbonyl (C=O) groups is 2. The van der Waals surface area contributed by atoms with Crippen LogP contribution in [0, 0.1) is 0 Å². The van der Waals surface area contributed by atoms with E-state index in [9.17, 15) is 9.59 Å². The highest BCUT2D eigenvalue weighted by Gasteiger charge is 2.27. The Morgan fingerprint density at radius 2 is 1.67 bits per heavy atom. The number of carbonyl (C=O) groups excluding carboxylic acids is 2. The van der Waals surface area contributed by atoms with Gasteiger partial charge in [0.2, 0.25) is 5.78 Å². The van der Waals surface area contributed by atoms with Crippen molar-refractivity contribution in [3.63, 3.8) is 0 Å². The van der Waals surface area contributed by atoms with Gasteiger partial charge in [-0.2, -0.15) is 0 Å². The number of hydrogen-bond donors (Lipinski definition) is 0. The molecule has 0 radical (unpaired) electrons. The van der Waals surface area contributed by atoms with Crippen LogP contribution in [0.3, 0.4) is 0 Å². The van der Waals surface area contributed by atoms with E-state index in [0.29, 0.717) is 17.1 Å². The molecule has 0 N–H and O–H groups in total. The summed E-state index contributed by atoms with van der Waals surface area (Å²) in [6.07, 6.45) is 1.74. The SMILES string of the molecule is COc1cccc(C(=O)C(=O)c2c(-c3ccccc3)nc3ccccn23)c1. The molecule has 4 aromatic rings. The Hall–Kier alpha value is -3.73. The largest absolute Gasteiger partial charge is 0.497 e. The van der Waals surface area contributed by atoms with Gasteiger partial charge in [-0.05, 0) is 24.3 Å². The molecule has 2 aromatic heterocycles. The highest BCUT2D eigenvalue weighted by atomic mass is 16.5. The number of benzene rings is 2. The maximum atomic E-state index is 13.2. The summed E-state index contributed by atoms with van der Waals surface area (Å²) in [4.78, 5) is 30.6. The van der Waals surface area contributed by atoms with Gasteiger partial charge >= 0.3 is 0 Å². The summed E-state index contributed by atoms with van der Waals surface area (Å²) < 4.78 is 6.81. The van der Waals surface area contributed by atoms with Gasteiger partial charge in [0, 0.05) is 17.3 Å². The standard InChI is InChI=1S/C22H16N2O3/c1-27-17-11-7-10-16(14-17)21(25)22(26)20-19(15-8-3-2-4-9-15)23-18-12-5-6-13-24(18)20/h2-14H,1H3. The molecular weight excluding hydrogens is 340 g/mol. The number of aromatic nitrogens is 2. The van der Waals surface area contributed by atoms with Gasteiger partial charge in [0.1, 0.15) is 22.8 Å². The van der Waals surface area contributed by atoms with Crippen LogP contribution in [0.25, 0.3) is 16.9 Å². The zero-order valence-electron chi connectivity index (χ0n) is 14.6. The van der Waals surface area contributed by atoms with E-state index >= 15 is 0 Å². The van der Waals surface area contributed by atoms with Crippen molar-refractivity contribution in [3.8, 4) is 17.0 Å². The Labute approximate surface area is 155 Å². The van der Waals surface area contributed by atoms with Crippen LogP contribution in [-0.2, 0) is 0 Å². The van der Waals surface area contributed by atoms with Crippen LogP contribution in [0.15, 0.2) is 79.0 Å². The monoisotopic (exact) mass is 356 g/mol. The fraction of sp³-hybridized carbons (Fsp3) is 0.0455. The fourth-order valence-electron chi connectivity index (χ4n) is 3.01. The Morgan fingerprint density at radius 3 is 2.44 bits per heavy atom. The summed E-state index contributed by atoms with van der Waals surface area (Å²) in [5.41, 5.74) is 2.41. The van der Waals surface area contributed by atoms with Crippen LogP contribution in [0.4, 0.5) is 0 Å². The second-order valence-corrected chi connectivity index (χ2v) is 5.99. The summed E-state index contributed by atoms with van der Waals surface area (Å²) in [5.74, 6) is -0.687. The lowest BCUT2D eigenvalue weighted by atomic mass is 10.0. The van der Waals surface area contributed by atoms with Crippen molar-refractivity contribution < 1.29 is 14.3 Å². The summed E-state index contributed by atoms with van der Waals surface area (Å²) in [7, 11) is 1.52. The number of hydrogen-bond acceptors (Lipinski definition) is 4. The van der Waals surface area contributed by atoms with Gasteiger partial charge in [-0.1, -0.05) is 48.5 Å². The number of pyridine rings is 1. The molecule has 2 aromatic carbocycles. The smallest absolute Gasteiger partial charge is 0.252 e. The summed E-state index contributed by atoms with van der Waals surface area (Å²) in [5, 5.41) is 0. The van der Waals surface area contributed by atoms with Crippen molar-refractivity contribution in [3.05, 3.63) is 90.3 Å². The molecule has 5 heteroatoms. The number of rotatable bonds is 5. The minimum atomic E-state index is -0.610. The first-order valence-corrected chi connectivity index (χ1v) is 8.44. The molecule has 0 aliphatic rings. The van der Waals surface area contributed by atoms with Crippen molar-refractivity contribution in [1.82, 2.24) is 9.38 Å². The third-order valence-electron chi connectivity index (χ3n) is 4.33. The van der Waals surface area contributed by atoms with Crippen LogP contribution in [-0.4, -0.2) is 28.1 Å². The zero-order chi connectivity index (χ0) is 18.8. The second kappa shape index (κ2) is 6.88. The van der Waals surface area contributed by atoms with Crippen molar-refractivity contribution in [1.29, 1.82) is 0 Å².